The summed E-state index contributed by atoms with van der Waals surface area (Å²) in [6.07, 6.45) is 9.41. The van der Waals surface area contributed by atoms with Crippen molar-refractivity contribution in [2.75, 3.05) is 31.5 Å². The molecule has 0 aliphatic carbocycles. The van der Waals surface area contributed by atoms with Crippen LogP contribution < -0.4 is 5.32 Å². The summed E-state index contributed by atoms with van der Waals surface area (Å²) in [5, 5.41) is 4.73. The van der Waals surface area contributed by atoms with Gasteiger partial charge in [-0.05, 0) is 49.5 Å². The fourth-order valence-electron chi connectivity index (χ4n) is 5.18. The molecule has 4 heterocycles. The number of carbonyl (C=O) groups excluding carboxylic acids is 1. The fourth-order valence-corrected chi connectivity index (χ4v) is 7.87. The van der Waals surface area contributed by atoms with Crippen LogP contribution in [0.15, 0.2) is 58.5 Å². The Labute approximate surface area is 239 Å². The summed E-state index contributed by atoms with van der Waals surface area (Å²) in [5.41, 5.74) is 2.86. The number of unbranched alkanes of at least 4 members (excludes halogenated alkanes) is 3. The first-order valence-electron chi connectivity index (χ1n) is 13.8. The van der Waals surface area contributed by atoms with Crippen molar-refractivity contribution in [3.63, 3.8) is 0 Å². The lowest BCUT2D eigenvalue weighted by molar-refractivity contribution is -0.121. The van der Waals surface area contributed by atoms with Crippen LogP contribution in [-0.2, 0) is 21.4 Å². The van der Waals surface area contributed by atoms with E-state index in [2.05, 4.69) is 31.7 Å². The number of fused-ring (bicyclic) bond motifs is 1. The maximum atomic E-state index is 13.7. The van der Waals surface area contributed by atoms with Gasteiger partial charge in [0.25, 0.3) is 10.0 Å². The van der Waals surface area contributed by atoms with Gasteiger partial charge >= 0.3 is 0 Å². The van der Waals surface area contributed by atoms with E-state index in [9.17, 15) is 13.2 Å². The minimum absolute atomic E-state index is 0.254. The van der Waals surface area contributed by atoms with E-state index in [4.69, 9.17) is 4.98 Å². The Morgan fingerprint density at radius 3 is 2.73 bits per heavy atom. The van der Waals surface area contributed by atoms with E-state index in [-0.39, 0.29) is 16.7 Å². The molecule has 3 aromatic heterocycles. The molecule has 1 N–H and O–H groups in total. The molecule has 1 aliphatic rings. The first kappa shape index (κ1) is 28.3. The number of hydrogen-bond acceptors (Lipinski definition) is 8. The Kier molecular flexibility index (Phi) is 8.89. The first-order valence-corrected chi connectivity index (χ1v) is 16.1. The maximum Gasteiger partial charge on any atom is 0.253 e. The number of thiophene rings is 1. The number of carbonyl (C=O) groups is 1. The number of anilines is 1. The number of benzene rings is 1. The molecule has 0 bridgehead atoms. The Hall–Kier alpha value is -3.19. The van der Waals surface area contributed by atoms with Crippen LogP contribution in [-0.4, -0.2) is 75.3 Å². The van der Waals surface area contributed by atoms with Gasteiger partial charge in [0.1, 0.15) is 15.9 Å². The monoisotopic (exact) mass is 581 g/mol. The molecule has 4 aromatic rings. The van der Waals surface area contributed by atoms with Gasteiger partial charge in [0.2, 0.25) is 5.91 Å². The second kappa shape index (κ2) is 12.5. The molecular weight excluding hydrogens is 546 g/mol. The third-order valence-corrected chi connectivity index (χ3v) is 10.5. The highest BCUT2D eigenvalue weighted by Crippen LogP contribution is 2.28. The predicted octanol–water partition coefficient (Wildman–Crippen LogP) is 4.47. The van der Waals surface area contributed by atoms with E-state index in [0.717, 1.165) is 31.3 Å². The Morgan fingerprint density at radius 1 is 1.12 bits per heavy atom. The number of nitrogens with zero attached hydrogens (tertiary/aromatic N) is 6. The molecule has 0 radical (unpaired) electrons. The van der Waals surface area contributed by atoms with Gasteiger partial charge in [0.05, 0.1) is 17.2 Å². The Morgan fingerprint density at radius 2 is 2.00 bits per heavy atom. The zero-order valence-corrected chi connectivity index (χ0v) is 24.5. The average molecular weight is 582 g/mol. The molecule has 1 atom stereocenters. The number of aryl methyl sites for hydroxylation is 1. The summed E-state index contributed by atoms with van der Waals surface area (Å²) >= 11 is 1.17. The van der Waals surface area contributed by atoms with Gasteiger partial charge in [-0.1, -0.05) is 32.3 Å². The maximum absolute atomic E-state index is 13.7. The summed E-state index contributed by atoms with van der Waals surface area (Å²) in [6, 6.07) is 8.05. The molecule has 1 saturated heterocycles. The zero-order valence-electron chi connectivity index (χ0n) is 22.9. The van der Waals surface area contributed by atoms with E-state index < -0.39 is 16.1 Å². The van der Waals surface area contributed by atoms with E-state index in [1.165, 1.54) is 22.1 Å². The lowest BCUT2D eigenvalue weighted by Gasteiger charge is -2.39. The van der Waals surface area contributed by atoms with Crippen LogP contribution in [0.5, 0.6) is 0 Å². The molecule has 5 rings (SSSR count). The second-order valence-electron chi connectivity index (χ2n) is 9.89. The van der Waals surface area contributed by atoms with E-state index >= 15 is 0 Å². The van der Waals surface area contributed by atoms with Gasteiger partial charge in [-0.3, -0.25) is 14.7 Å². The van der Waals surface area contributed by atoms with Crippen molar-refractivity contribution in [1.82, 2.24) is 28.7 Å². The van der Waals surface area contributed by atoms with Gasteiger partial charge in [-0.15, -0.1) is 11.3 Å². The van der Waals surface area contributed by atoms with Crippen LogP contribution in [0.3, 0.4) is 0 Å². The minimum atomic E-state index is -3.79. The molecule has 0 saturated carbocycles. The minimum Gasteiger partial charge on any atom is -0.325 e. The molecule has 12 heteroatoms. The van der Waals surface area contributed by atoms with E-state index in [1.807, 2.05) is 25.1 Å². The highest BCUT2D eigenvalue weighted by atomic mass is 32.2. The van der Waals surface area contributed by atoms with Crippen molar-refractivity contribution < 1.29 is 13.2 Å². The summed E-state index contributed by atoms with van der Waals surface area (Å²) < 4.78 is 30.7. The molecule has 1 aromatic carbocycles. The van der Waals surface area contributed by atoms with Gasteiger partial charge in [-0.25, -0.2) is 18.4 Å². The average Bonchev–Trinajstić information content (AvgIpc) is 3.64. The van der Waals surface area contributed by atoms with Crippen molar-refractivity contribution in [1.29, 1.82) is 0 Å². The van der Waals surface area contributed by atoms with E-state index in [1.54, 1.807) is 36.1 Å². The molecule has 1 aliphatic heterocycles. The zero-order chi connectivity index (χ0) is 28.1. The number of piperazine rings is 1. The number of imidazole rings is 1. The summed E-state index contributed by atoms with van der Waals surface area (Å²) in [6.45, 7) is 6.99. The van der Waals surface area contributed by atoms with Gasteiger partial charge < -0.3 is 9.88 Å². The van der Waals surface area contributed by atoms with Crippen molar-refractivity contribution in [2.45, 2.75) is 56.3 Å². The number of amides is 1. The number of rotatable bonds is 11. The standard InChI is InChI=1S/C28H35N7O3S2/c1-3-5-6-7-14-33-15-16-35(40(37,38)26-9-8-17-39-26)25(20-33)28(36)31-21-10-11-24-22(18-21)32-27(34(24)4-2)23-19-29-12-13-30-23/h8-13,17-19,25H,3-7,14-16,20H2,1-2H3,(H,31,36). The molecule has 212 valence electrons. The van der Waals surface area contributed by atoms with Crippen LogP contribution in [0.4, 0.5) is 5.69 Å². The molecular formula is C28H35N7O3S2. The molecule has 10 nitrogen and oxygen atoms in total. The van der Waals surface area contributed by atoms with Crippen molar-refractivity contribution >= 4 is 44.0 Å². The summed E-state index contributed by atoms with van der Waals surface area (Å²) in [7, 11) is -3.79. The topological polar surface area (TPSA) is 113 Å². The van der Waals surface area contributed by atoms with Crippen LogP contribution in [0.2, 0.25) is 0 Å². The summed E-state index contributed by atoms with van der Waals surface area (Å²) in [5.74, 6) is 0.357. The fraction of sp³-hybridized carbons (Fsp3) is 0.429. The third kappa shape index (κ3) is 5.95. The molecule has 1 amide bonds. The summed E-state index contributed by atoms with van der Waals surface area (Å²) in [4.78, 5) is 29.3. The number of sulfonamides is 1. The number of aromatic nitrogens is 4. The highest BCUT2D eigenvalue weighted by Gasteiger charge is 2.40. The number of nitrogens with one attached hydrogen (secondary N) is 1. The van der Waals surface area contributed by atoms with Gasteiger partial charge in [0.15, 0.2) is 5.82 Å². The Balaban J connectivity index is 1.40. The molecule has 1 unspecified atom stereocenters. The van der Waals surface area contributed by atoms with Crippen molar-refractivity contribution in [3.8, 4) is 11.5 Å². The van der Waals surface area contributed by atoms with Crippen LogP contribution >= 0.6 is 11.3 Å². The third-order valence-electron chi connectivity index (χ3n) is 7.23. The van der Waals surface area contributed by atoms with Crippen LogP contribution in [0.25, 0.3) is 22.6 Å². The quantitative estimate of drug-likeness (QED) is 0.260. The SMILES string of the molecule is CCCCCCN1CCN(S(=O)(=O)c2cccs2)C(C(=O)Nc2ccc3c(c2)nc(-c2cnccn2)n3CC)C1. The second-order valence-corrected chi connectivity index (χ2v) is 13.0. The molecule has 0 spiro atoms. The highest BCUT2D eigenvalue weighted by molar-refractivity contribution is 7.91. The van der Waals surface area contributed by atoms with Gasteiger partial charge in [-0.2, -0.15) is 4.31 Å². The van der Waals surface area contributed by atoms with Gasteiger partial charge in [0, 0.05) is 44.3 Å². The number of hydrogen-bond donors (Lipinski definition) is 1. The van der Waals surface area contributed by atoms with Crippen molar-refractivity contribution in [2.24, 2.45) is 0 Å². The van der Waals surface area contributed by atoms with E-state index in [0.29, 0.717) is 42.4 Å². The Bertz CT molecular complexity index is 1540. The van der Waals surface area contributed by atoms with Crippen LogP contribution in [0.1, 0.15) is 39.5 Å². The largest absolute Gasteiger partial charge is 0.325 e. The normalized spacial score (nSPS) is 16.9. The van der Waals surface area contributed by atoms with Crippen LogP contribution in [0, 0.1) is 0 Å². The smallest absolute Gasteiger partial charge is 0.253 e. The first-order chi connectivity index (χ1) is 19.4. The van der Waals surface area contributed by atoms with Crippen molar-refractivity contribution in [3.05, 3.63) is 54.3 Å². The predicted molar refractivity (Wildman–Crippen MR) is 158 cm³/mol. The lowest BCUT2D eigenvalue weighted by atomic mass is 10.1. The lowest BCUT2D eigenvalue weighted by Crippen LogP contribution is -2.59. The molecule has 1 fully saturated rings. The molecule has 40 heavy (non-hydrogen) atoms.